The van der Waals surface area contributed by atoms with Gasteiger partial charge in [0.05, 0.1) is 12.5 Å². The number of nitrogens with one attached hydrogen (secondary N) is 4. The maximum atomic E-state index is 8.76. The molecule has 11 nitrogen and oxygen atoms in total. The molecule has 0 spiro atoms. The monoisotopic (exact) mass is 579 g/mol. The van der Waals surface area contributed by atoms with Crippen molar-refractivity contribution in [1.29, 1.82) is 5.26 Å². The van der Waals surface area contributed by atoms with Crippen LogP contribution >= 0.6 is 11.6 Å². The number of hydrogen-bond acceptors (Lipinski definition) is 9. The Morgan fingerprint density at radius 2 is 1.38 bits per heavy atom. The van der Waals surface area contributed by atoms with Gasteiger partial charge in [-0.05, 0) is 56.7 Å². The van der Waals surface area contributed by atoms with E-state index in [1.807, 2.05) is 50.4 Å². The molecule has 0 amide bonds. The molecule has 5 aromatic rings. The van der Waals surface area contributed by atoms with Gasteiger partial charge >= 0.3 is 0 Å². The van der Waals surface area contributed by atoms with Gasteiger partial charge in [-0.25, -0.2) is 19.9 Å². The van der Waals surface area contributed by atoms with Crippen LogP contribution in [0.3, 0.4) is 0 Å². The number of H-pyrrole nitrogens is 2. The SMILES string of the molecule is Cc1cnc(-c2ccc(CC#N)cc2)nc1Nc1cc(C2CC2)[nH]n1.Cc1cnc(Cl)nc1Nc1cc(C2CC2)[nH]n1. The summed E-state index contributed by atoms with van der Waals surface area (Å²) in [6.45, 7) is 3.89. The molecule has 42 heavy (non-hydrogen) atoms. The molecule has 2 aliphatic rings. The quantitative estimate of drug-likeness (QED) is 0.148. The van der Waals surface area contributed by atoms with E-state index in [1.54, 1.807) is 6.20 Å². The van der Waals surface area contributed by atoms with Gasteiger partial charge in [0.1, 0.15) is 11.6 Å². The zero-order valence-electron chi connectivity index (χ0n) is 23.3. The molecular formula is C30H30ClN11. The third-order valence-electron chi connectivity index (χ3n) is 7.13. The van der Waals surface area contributed by atoms with Crippen LogP contribution in [-0.4, -0.2) is 40.3 Å². The average Bonchev–Trinajstić information content (AvgIpc) is 3.93. The number of aromatic nitrogens is 8. The second kappa shape index (κ2) is 12.0. The Bertz CT molecular complexity index is 1730. The molecule has 212 valence electrons. The molecule has 0 bridgehead atoms. The van der Waals surface area contributed by atoms with Crippen LogP contribution in [0.1, 0.15) is 65.6 Å². The predicted molar refractivity (Wildman–Crippen MR) is 161 cm³/mol. The van der Waals surface area contributed by atoms with Crippen molar-refractivity contribution >= 4 is 34.9 Å². The molecule has 7 rings (SSSR count). The predicted octanol–water partition coefficient (Wildman–Crippen LogP) is 6.64. The van der Waals surface area contributed by atoms with E-state index in [1.165, 1.54) is 37.1 Å². The van der Waals surface area contributed by atoms with Crippen molar-refractivity contribution in [3.05, 3.63) is 82.2 Å². The third kappa shape index (κ3) is 6.72. The highest BCUT2D eigenvalue weighted by molar-refractivity contribution is 6.28. The van der Waals surface area contributed by atoms with Crippen molar-refractivity contribution in [2.24, 2.45) is 0 Å². The minimum Gasteiger partial charge on any atom is -0.323 e. The first-order chi connectivity index (χ1) is 20.4. The summed E-state index contributed by atoms with van der Waals surface area (Å²) in [5.74, 6) is 4.93. The van der Waals surface area contributed by atoms with Gasteiger partial charge < -0.3 is 10.6 Å². The zero-order valence-corrected chi connectivity index (χ0v) is 24.1. The lowest BCUT2D eigenvalue weighted by atomic mass is 10.1. The topological polar surface area (TPSA) is 157 Å². The van der Waals surface area contributed by atoms with Crippen molar-refractivity contribution < 1.29 is 0 Å². The van der Waals surface area contributed by atoms with Gasteiger partial charge in [0.15, 0.2) is 17.5 Å². The van der Waals surface area contributed by atoms with E-state index in [0.29, 0.717) is 29.9 Å². The number of hydrogen-bond donors (Lipinski definition) is 4. The molecule has 0 saturated heterocycles. The van der Waals surface area contributed by atoms with Crippen molar-refractivity contribution in [3.8, 4) is 17.5 Å². The van der Waals surface area contributed by atoms with Gasteiger partial charge in [-0.15, -0.1) is 0 Å². The maximum Gasteiger partial charge on any atom is 0.224 e. The van der Waals surface area contributed by atoms with Gasteiger partial charge in [0, 0.05) is 64.4 Å². The Kier molecular flexibility index (Phi) is 7.79. The number of rotatable bonds is 8. The standard InChI is InChI=1S/C19H18N6.C11H12ClN5/c1-12-11-21-19(15-4-2-13(3-5-15)8-9-20)23-18(12)22-17-10-16(24-25-17)14-6-7-14;1-6-5-13-11(12)15-10(6)14-9-4-8(16-17-9)7-2-3-7/h2-5,10-11,14H,6-8H2,1H3,(H2,21,22,23,24,25);4-5,7H,2-3H2,1H3,(H2,13,14,15,16,17). The third-order valence-corrected chi connectivity index (χ3v) is 7.31. The van der Waals surface area contributed by atoms with Crippen LogP contribution < -0.4 is 10.6 Å². The van der Waals surface area contributed by atoms with E-state index in [0.717, 1.165) is 39.7 Å². The minimum atomic E-state index is 0.232. The number of nitriles is 1. The molecule has 0 atom stereocenters. The van der Waals surface area contributed by atoms with E-state index >= 15 is 0 Å². The van der Waals surface area contributed by atoms with Gasteiger partial charge in [-0.1, -0.05) is 24.3 Å². The Morgan fingerprint density at radius 1 is 0.833 bits per heavy atom. The fraction of sp³-hybridized carbons (Fsp3) is 0.300. The smallest absolute Gasteiger partial charge is 0.224 e. The summed E-state index contributed by atoms with van der Waals surface area (Å²) in [5, 5.41) is 30.1. The molecule has 2 aliphatic carbocycles. The van der Waals surface area contributed by atoms with Crippen molar-refractivity contribution in [2.45, 2.75) is 57.8 Å². The molecule has 1 aromatic carbocycles. The summed E-state index contributed by atoms with van der Waals surface area (Å²) in [7, 11) is 0. The lowest BCUT2D eigenvalue weighted by Crippen LogP contribution is -2.00. The number of anilines is 4. The second-order valence-electron chi connectivity index (χ2n) is 10.6. The Labute approximate surface area is 248 Å². The number of nitrogens with zero attached hydrogens (tertiary/aromatic N) is 7. The number of aryl methyl sites for hydroxylation is 2. The number of aromatic amines is 2. The molecular weight excluding hydrogens is 550 g/mol. The molecule has 2 fully saturated rings. The Morgan fingerprint density at radius 3 is 1.93 bits per heavy atom. The molecule has 12 heteroatoms. The molecule has 4 N–H and O–H groups in total. The molecule has 0 radical (unpaired) electrons. The first-order valence-electron chi connectivity index (χ1n) is 13.9. The second-order valence-corrected chi connectivity index (χ2v) is 11.0. The van der Waals surface area contributed by atoms with Crippen molar-refractivity contribution in [1.82, 2.24) is 40.3 Å². The first kappa shape index (κ1) is 27.4. The summed E-state index contributed by atoms with van der Waals surface area (Å²) in [4.78, 5) is 17.1. The summed E-state index contributed by atoms with van der Waals surface area (Å²) < 4.78 is 0. The van der Waals surface area contributed by atoms with Crippen LogP contribution in [0, 0.1) is 25.2 Å². The Hall–Kier alpha value is -4.82. The molecule has 0 aliphatic heterocycles. The minimum absolute atomic E-state index is 0.232. The summed E-state index contributed by atoms with van der Waals surface area (Å²) in [5.41, 5.74) is 6.17. The van der Waals surface area contributed by atoms with E-state index in [4.69, 9.17) is 16.9 Å². The summed E-state index contributed by atoms with van der Waals surface area (Å²) >= 11 is 5.76. The highest BCUT2D eigenvalue weighted by Crippen LogP contribution is 2.40. The van der Waals surface area contributed by atoms with Crippen LogP contribution in [0.25, 0.3) is 11.4 Å². The fourth-order valence-electron chi connectivity index (χ4n) is 4.37. The van der Waals surface area contributed by atoms with E-state index < -0.39 is 0 Å². The summed E-state index contributed by atoms with van der Waals surface area (Å²) in [6.07, 6.45) is 8.87. The van der Waals surface area contributed by atoms with E-state index in [-0.39, 0.29) is 5.28 Å². The van der Waals surface area contributed by atoms with Crippen LogP contribution in [0.15, 0.2) is 48.8 Å². The van der Waals surface area contributed by atoms with E-state index in [2.05, 4.69) is 63.1 Å². The van der Waals surface area contributed by atoms with Crippen LogP contribution in [0.5, 0.6) is 0 Å². The molecule has 4 heterocycles. The van der Waals surface area contributed by atoms with Gasteiger partial charge in [0.25, 0.3) is 0 Å². The van der Waals surface area contributed by atoms with Gasteiger partial charge in [0.2, 0.25) is 5.28 Å². The zero-order chi connectivity index (χ0) is 29.1. The highest BCUT2D eigenvalue weighted by atomic mass is 35.5. The molecule has 0 unspecified atom stereocenters. The van der Waals surface area contributed by atoms with Crippen molar-refractivity contribution in [2.75, 3.05) is 10.6 Å². The highest BCUT2D eigenvalue weighted by Gasteiger charge is 2.26. The largest absolute Gasteiger partial charge is 0.323 e. The number of halogens is 1. The number of benzene rings is 1. The van der Waals surface area contributed by atoms with Gasteiger partial charge in [-0.2, -0.15) is 15.5 Å². The lowest BCUT2D eigenvalue weighted by molar-refractivity contribution is 0.966. The Balaban J connectivity index is 0.000000162. The van der Waals surface area contributed by atoms with Crippen molar-refractivity contribution in [3.63, 3.8) is 0 Å². The van der Waals surface area contributed by atoms with Gasteiger partial charge in [-0.3, -0.25) is 10.2 Å². The van der Waals surface area contributed by atoms with E-state index in [9.17, 15) is 0 Å². The molecule has 2 saturated carbocycles. The average molecular weight is 580 g/mol. The fourth-order valence-corrected chi connectivity index (χ4v) is 4.50. The molecule has 4 aromatic heterocycles. The lowest BCUT2D eigenvalue weighted by Gasteiger charge is -2.08. The normalized spacial score (nSPS) is 14.0. The van der Waals surface area contributed by atoms with Crippen LogP contribution in [0.4, 0.5) is 23.3 Å². The maximum absolute atomic E-state index is 8.76. The van der Waals surface area contributed by atoms with Crippen LogP contribution in [-0.2, 0) is 6.42 Å². The van der Waals surface area contributed by atoms with Crippen LogP contribution in [0.2, 0.25) is 5.28 Å². The summed E-state index contributed by atoms with van der Waals surface area (Å²) in [6, 6.07) is 14.0. The first-order valence-corrected chi connectivity index (χ1v) is 14.3.